The average Bonchev–Trinajstić information content (AvgIpc) is 3.82. The summed E-state index contributed by atoms with van der Waals surface area (Å²) >= 11 is 0. The van der Waals surface area contributed by atoms with Gasteiger partial charge in [0.15, 0.2) is 0 Å². The lowest BCUT2D eigenvalue weighted by molar-refractivity contribution is -0.150. The number of amides is 3. The highest BCUT2D eigenvalue weighted by atomic mass is 16.5. The van der Waals surface area contributed by atoms with E-state index in [0.29, 0.717) is 57.3 Å². The Morgan fingerprint density at radius 1 is 1.00 bits per heavy atom. The zero-order valence-corrected chi connectivity index (χ0v) is 26.1. The normalized spacial score (nSPS) is 24.7. The van der Waals surface area contributed by atoms with Crippen molar-refractivity contribution in [3.8, 4) is 0 Å². The predicted molar refractivity (Wildman–Crippen MR) is 172 cm³/mol. The first kappa shape index (κ1) is 31.6. The number of unbranched alkanes of at least 4 members (excludes halogenated alkanes) is 2. The van der Waals surface area contributed by atoms with E-state index < -0.39 is 29.6 Å². The molecule has 1 spiro atoms. The Balaban J connectivity index is 1.33. The predicted octanol–water partition coefficient (Wildman–Crippen LogP) is 3.16. The van der Waals surface area contributed by atoms with Gasteiger partial charge in [0.05, 0.1) is 23.5 Å². The van der Waals surface area contributed by atoms with Crippen LogP contribution in [0.5, 0.6) is 0 Å². The summed E-state index contributed by atoms with van der Waals surface area (Å²) in [5, 5.41) is 17.9. The monoisotopic (exact) mass is 626 g/mol. The van der Waals surface area contributed by atoms with Gasteiger partial charge in [-0.1, -0.05) is 59.8 Å². The van der Waals surface area contributed by atoms with Crippen LogP contribution >= 0.6 is 0 Å². The SMILES string of the molecule is C=CCN(Cn1nnc2ccccc21)C(=O)C1N(CCCCCO)C(=O)[C@@H]2[C@H](C(=O)N(CC=C)Cc3ccccc3)[C@@H]3CCC12O3. The van der Waals surface area contributed by atoms with Gasteiger partial charge < -0.3 is 24.5 Å². The Hall–Kier alpha value is -4.35. The number of carbonyl (C=O) groups is 3. The van der Waals surface area contributed by atoms with E-state index in [2.05, 4.69) is 23.5 Å². The van der Waals surface area contributed by atoms with E-state index in [9.17, 15) is 19.5 Å². The molecule has 3 aliphatic heterocycles. The maximum atomic E-state index is 14.7. The molecule has 4 heterocycles. The standard InChI is InChI=1S/C35H42N6O5/c1-3-19-38(23-25-13-7-5-8-14-25)32(43)29-28-17-18-35(46-28)30(29)33(44)40(21-11-6-12-22-42)31(35)34(45)39(20-4-2)24-41-27-16-10-9-15-26(27)36-37-41/h3-5,7-10,13-16,28-31,42H,1-2,6,11-12,17-24H2/t28-,29+,30-,31?,35?/m0/s1. The summed E-state index contributed by atoms with van der Waals surface area (Å²) in [7, 11) is 0. The molecule has 3 saturated heterocycles. The molecule has 0 aliphatic carbocycles. The van der Waals surface area contributed by atoms with Gasteiger partial charge in [-0.3, -0.25) is 14.4 Å². The van der Waals surface area contributed by atoms with Gasteiger partial charge in [0.25, 0.3) is 0 Å². The van der Waals surface area contributed by atoms with Crippen LogP contribution in [0.25, 0.3) is 11.0 Å². The number of ether oxygens (including phenoxy) is 1. The van der Waals surface area contributed by atoms with Crippen LogP contribution in [0.2, 0.25) is 0 Å². The topological polar surface area (TPSA) is 121 Å². The third-order valence-corrected chi connectivity index (χ3v) is 9.64. The van der Waals surface area contributed by atoms with E-state index in [1.54, 1.807) is 31.5 Å². The second kappa shape index (κ2) is 13.6. The van der Waals surface area contributed by atoms with Crippen LogP contribution in [0, 0.1) is 11.8 Å². The lowest BCUT2D eigenvalue weighted by Crippen LogP contribution is -2.56. The molecule has 3 aliphatic rings. The molecule has 2 bridgehead atoms. The number of rotatable bonds is 15. The van der Waals surface area contributed by atoms with Crippen molar-refractivity contribution in [2.45, 2.75) is 63.1 Å². The van der Waals surface area contributed by atoms with Crippen molar-refractivity contribution >= 4 is 28.8 Å². The first-order valence-corrected chi connectivity index (χ1v) is 16.1. The van der Waals surface area contributed by atoms with E-state index in [1.807, 2.05) is 54.6 Å². The zero-order chi connectivity index (χ0) is 32.3. The fourth-order valence-electron chi connectivity index (χ4n) is 7.66. The van der Waals surface area contributed by atoms with Gasteiger partial charge in [-0.2, -0.15) is 0 Å². The summed E-state index contributed by atoms with van der Waals surface area (Å²) in [6.45, 7) is 9.21. The number of fused-ring (bicyclic) bond motifs is 2. The summed E-state index contributed by atoms with van der Waals surface area (Å²) in [6, 6.07) is 16.4. The third-order valence-electron chi connectivity index (χ3n) is 9.64. The second-order valence-corrected chi connectivity index (χ2v) is 12.4. The Morgan fingerprint density at radius 2 is 1.74 bits per heavy atom. The number of aromatic nitrogens is 3. The molecule has 11 nitrogen and oxygen atoms in total. The van der Waals surface area contributed by atoms with E-state index in [0.717, 1.165) is 11.1 Å². The molecule has 3 fully saturated rings. The Labute approximate surface area is 269 Å². The van der Waals surface area contributed by atoms with Crippen LogP contribution < -0.4 is 0 Å². The van der Waals surface area contributed by atoms with E-state index in [-0.39, 0.29) is 37.5 Å². The summed E-state index contributed by atoms with van der Waals surface area (Å²) in [6.07, 6.45) is 5.92. The van der Waals surface area contributed by atoms with E-state index in [4.69, 9.17) is 4.74 Å². The number of hydrogen-bond acceptors (Lipinski definition) is 7. The highest BCUT2D eigenvalue weighted by Gasteiger charge is 2.74. The van der Waals surface area contributed by atoms with Gasteiger partial charge in [-0.05, 0) is 49.8 Å². The van der Waals surface area contributed by atoms with Crippen molar-refractivity contribution < 1.29 is 24.2 Å². The zero-order valence-electron chi connectivity index (χ0n) is 26.1. The number of benzene rings is 2. The molecule has 2 unspecified atom stereocenters. The Bertz CT molecular complexity index is 1590. The van der Waals surface area contributed by atoms with E-state index in [1.165, 1.54) is 0 Å². The Kier molecular flexibility index (Phi) is 9.32. The largest absolute Gasteiger partial charge is 0.396 e. The molecule has 3 amide bonds. The molecule has 0 saturated carbocycles. The van der Waals surface area contributed by atoms with Crippen LogP contribution in [0.4, 0.5) is 0 Å². The van der Waals surface area contributed by atoms with Gasteiger partial charge in [0, 0.05) is 32.8 Å². The summed E-state index contributed by atoms with van der Waals surface area (Å²) < 4.78 is 8.38. The Morgan fingerprint density at radius 3 is 2.50 bits per heavy atom. The molecule has 6 rings (SSSR count). The number of para-hydroxylation sites is 1. The first-order valence-electron chi connectivity index (χ1n) is 16.1. The van der Waals surface area contributed by atoms with Crippen LogP contribution in [0.3, 0.4) is 0 Å². The molecule has 242 valence electrons. The quantitative estimate of drug-likeness (QED) is 0.203. The van der Waals surface area contributed by atoms with Crippen LogP contribution in [-0.2, 0) is 32.3 Å². The second-order valence-electron chi connectivity index (χ2n) is 12.4. The van der Waals surface area contributed by atoms with Crippen molar-refractivity contribution in [2.75, 3.05) is 26.2 Å². The molecule has 2 aromatic carbocycles. The first-order chi connectivity index (χ1) is 22.4. The minimum absolute atomic E-state index is 0.0593. The minimum Gasteiger partial charge on any atom is -0.396 e. The molecular formula is C35H42N6O5. The lowest BCUT2D eigenvalue weighted by atomic mass is 9.70. The molecule has 11 heteroatoms. The average molecular weight is 627 g/mol. The van der Waals surface area contributed by atoms with Gasteiger partial charge in [0.2, 0.25) is 17.7 Å². The molecule has 1 aromatic heterocycles. The maximum Gasteiger partial charge on any atom is 0.250 e. The highest BCUT2D eigenvalue weighted by Crippen LogP contribution is 2.59. The van der Waals surface area contributed by atoms with Crippen molar-refractivity contribution in [2.24, 2.45) is 11.8 Å². The van der Waals surface area contributed by atoms with Gasteiger partial charge in [0.1, 0.15) is 23.8 Å². The van der Waals surface area contributed by atoms with E-state index >= 15 is 0 Å². The molecule has 3 aromatic rings. The third kappa shape index (κ3) is 5.62. The highest BCUT2D eigenvalue weighted by molar-refractivity contribution is 5.99. The number of aliphatic hydroxyl groups excluding tert-OH is 1. The number of aliphatic hydroxyl groups is 1. The summed E-state index contributed by atoms with van der Waals surface area (Å²) in [5.74, 6) is -2.11. The van der Waals surface area contributed by atoms with Crippen molar-refractivity contribution in [3.05, 3.63) is 85.5 Å². The smallest absolute Gasteiger partial charge is 0.250 e. The van der Waals surface area contributed by atoms with Crippen LogP contribution in [0.1, 0.15) is 37.7 Å². The number of carbonyl (C=O) groups excluding carboxylic acids is 3. The lowest BCUT2D eigenvalue weighted by Gasteiger charge is -2.37. The van der Waals surface area contributed by atoms with Crippen LogP contribution in [0.15, 0.2) is 79.9 Å². The van der Waals surface area contributed by atoms with Gasteiger partial charge in [-0.15, -0.1) is 18.3 Å². The molecule has 0 radical (unpaired) electrons. The molecular weight excluding hydrogens is 584 g/mol. The minimum atomic E-state index is -1.12. The molecule has 46 heavy (non-hydrogen) atoms. The van der Waals surface area contributed by atoms with Crippen molar-refractivity contribution in [1.82, 2.24) is 29.7 Å². The fourth-order valence-corrected chi connectivity index (χ4v) is 7.66. The fraction of sp³-hybridized carbons (Fsp3) is 0.457. The number of nitrogens with zero attached hydrogens (tertiary/aromatic N) is 6. The summed E-state index contributed by atoms with van der Waals surface area (Å²) in [5.41, 5.74) is 1.36. The molecule has 5 atom stereocenters. The number of likely N-dealkylation sites (tertiary alicyclic amines) is 1. The van der Waals surface area contributed by atoms with Crippen molar-refractivity contribution in [3.63, 3.8) is 0 Å². The number of hydrogen-bond donors (Lipinski definition) is 1. The van der Waals surface area contributed by atoms with Crippen molar-refractivity contribution in [1.29, 1.82) is 0 Å². The molecule has 1 N–H and O–H groups in total. The van der Waals surface area contributed by atoms with Crippen LogP contribution in [-0.4, -0.2) is 96.5 Å². The van der Waals surface area contributed by atoms with Gasteiger partial charge >= 0.3 is 0 Å². The maximum absolute atomic E-state index is 14.7. The summed E-state index contributed by atoms with van der Waals surface area (Å²) in [4.78, 5) is 48.5. The van der Waals surface area contributed by atoms with Gasteiger partial charge in [-0.25, -0.2) is 4.68 Å².